The highest BCUT2D eigenvalue weighted by atomic mass is 32.2. The van der Waals surface area contributed by atoms with Gasteiger partial charge in [-0.05, 0) is 0 Å². The third kappa shape index (κ3) is 5.99. The Bertz CT molecular complexity index is 335. The van der Waals surface area contributed by atoms with E-state index >= 15 is 0 Å². The molecule has 9 heteroatoms. The predicted octanol–water partition coefficient (Wildman–Crippen LogP) is -2.48. The number of ether oxygens (including phenoxy) is 1. The molecule has 8 nitrogen and oxygen atoms in total. The van der Waals surface area contributed by atoms with Crippen molar-refractivity contribution < 1.29 is 33.0 Å². The van der Waals surface area contributed by atoms with Crippen LogP contribution in [0.3, 0.4) is 0 Å². The lowest BCUT2D eigenvalue weighted by atomic mass is 10.4. The van der Waals surface area contributed by atoms with Crippen LogP contribution in [0.15, 0.2) is 0 Å². The third-order valence-corrected chi connectivity index (χ3v) is 2.54. The van der Waals surface area contributed by atoms with Crippen LogP contribution in [0, 0.1) is 0 Å². The highest BCUT2D eigenvalue weighted by molar-refractivity contribution is 7.90. The fourth-order valence-electron chi connectivity index (χ4n) is 0.558. The molecule has 0 aliphatic heterocycles. The van der Waals surface area contributed by atoms with Gasteiger partial charge in [0.15, 0.2) is 11.9 Å². The van der Waals surface area contributed by atoms with E-state index in [2.05, 4.69) is 4.74 Å². The molecule has 0 rings (SSSR count). The number of esters is 1. The van der Waals surface area contributed by atoms with Crippen molar-refractivity contribution in [2.45, 2.75) is 6.10 Å². The normalized spacial score (nSPS) is 13.2. The molecule has 0 radical (unpaired) electrons. The Morgan fingerprint density at radius 3 is 2.40 bits per heavy atom. The molecule has 0 aromatic rings. The van der Waals surface area contributed by atoms with Crippen molar-refractivity contribution in [3.05, 3.63) is 0 Å². The molecule has 0 fully saturated rings. The van der Waals surface area contributed by atoms with Crippen LogP contribution in [0.5, 0.6) is 0 Å². The van der Waals surface area contributed by atoms with Crippen LogP contribution >= 0.6 is 0 Å². The van der Waals surface area contributed by atoms with Gasteiger partial charge in [0.25, 0.3) is 0 Å². The number of nitrogens with one attached hydrogen (secondary N) is 1. The Labute approximate surface area is 85.9 Å². The summed E-state index contributed by atoms with van der Waals surface area (Å²) in [5.41, 5.74) is 0. The van der Waals surface area contributed by atoms with Crippen LogP contribution in [0.25, 0.3) is 0 Å². The van der Waals surface area contributed by atoms with Gasteiger partial charge in [0.05, 0.1) is 7.11 Å². The Kier molecular flexibility index (Phi) is 5.19. The van der Waals surface area contributed by atoms with Crippen molar-refractivity contribution in [2.24, 2.45) is 0 Å². The summed E-state index contributed by atoms with van der Waals surface area (Å²) in [4.78, 5) is 20.7. The molecule has 0 aliphatic rings. The number of carboxylic acid groups (broad SMARTS) is 1. The summed E-state index contributed by atoms with van der Waals surface area (Å²) in [5.74, 6) is -3.46. The first-order valence-corrected chi connectivity index (χ1v) is 5.38. The minimum Gasteiger partial charge on any atom is -0.479 e. The zero-order valence-corrected chi connectivity index (χ0v) is 8.65. The number of carboxylic acids is 1. The van der Waals surface area contributed by atoms with Crippen molar-refractivity contribution in [3.63, 3.8) is 0 Å². The third-order valence-electron chi connectivity index (χ3n) is 1.32. The maximum Gasteiger partial charge on any atom is 0.333 e. The molecule has 0 spiro atoms. The monoisotopic (exact) mass is 241 g/mol. The molecule has 88 valence electrons. The van der Waals surface area contributed by atoms with E-state index in [-0.39, 0.29) is 0 Å². The zero-order chi connectivity index (χ0) is 12.1. The van der Waals surface area contributed by atoms with Gasteiger partial charge in [-0.15, -0.1) is 0 Å². The molecule has 15 heavy (non-hydrogen) atoms. The van der Waals surface area contributed by atoms with Gasteiger partial charge >= 0.3 is 11.9 Å². The van der Waals surface area contributed by atoms with Crippen molar-refractivity contribution >= 4 is 22.0 Å². The molecule has 0 amide bonds. The number of methoxy groups -OCH3 is 1. The number of sulfonamides is 1. The summed E-state index contributed by atoms with van der Waals surface area (Å²) in [6.45, 7) is -0.700. The first-order valence-electron chi connectivity index (χ1n) is 3.73. The second kappa shape index (κ2) is 5.63. The quantitative estimate of drug-likeness (QED) is 0.439. The van der Waals surface area contributed by atoms with Crippen LogP contribution in [-0.2, 0) is 24.3 Å². The minimum absolute atomic E-state index is 0.700. The lowest BCUT2D eigenvalue weighted by Crippen LogP contribution is -2.39. The molecule has 0 aliphatic carbocycles. The van der Waals surface area contributed by atoms with E-state index in [4.69, 9.17) is 10.2 Å². The zero-order valence-electron chi connectivity index (χ0n) is 7.84. The summed E-state index contributed by atoms with van der Waals surface area (Å²) >= 11 is 0. The van der Waals surface area contributed by atoms with Gasteiger partial charge < -0.3 is 14.9 Å². The summed E-state index contributed by atoms with van der Waals surface area (Å²) in [6, 6.07) is 0. The fraction of sp³-hybridized carbons (Fsp3) is 0.667. The summed E-state index contributed by atoms with van der Waals surface area (Å²) in [7, 11) is -2.95. The molecule has 0 bridgehead atoms. The highest BCUT2D eigenvalue weighted by Gasteiger charge is 2.20. The van der Waals surface area contributed by atoms with Gasteiger partial charge in [0, 0.05) is 6.54 Å². The van der Waals surface area contributed by atoms with E-state index in [0.717, 1.165) is 7.11 Å². The smallest absolute Gasteiger partial charge is 0.333 e. The predicted molar refractivity (Wildman–Crippen MR) is 47.4 cm³/mol. The summed E-state index contributed by atoms with van der Waals surface area (Å²) in [6.07, 6.45) is -1.85. The van der Waals surface area contributed by atoms with Gasteiger partial charge in [-0.2, -0.15) is 0 Å². The van der Waals surface area contributed by atoms with Gasteiger partial charge in [0.1, 0.15) is 0 Å². The lowest BCUT2D eigenvalue weighted by Gasteiger charge is -2.07. The van der Waals surface area contributed by atoms with Crippen molar-refractivity contribution in [3.8, 4) is 0 Å². The lowest BCUT2D eigenvalue weighted by molar-refractivity contribution is -0.146. The molecule has 1 unspecified atom stereocenters. The van der Waals surface area contributed by atoms with E-state index in [0.29, 0.717) is 0 Å². The number of hydrogen-bond acceptors (Lipinski definition) is 6. The molecule has 0 saturated heterocycles. The average Bonchev–Trinajstić information content (AvgIpc) is 2.13. The molecule has 3 N–H and O–H groups in total. The largest absolute Gasteiger partial charge is 0.479 e. The molecular weight excluding hydrogens is 230 g/mol. The van der Waals surface area contributed by atoms with Gasteiger partial charge in [0.2, 0.25) is 10.0 Å². The number of aliphatic hydroxyl groups is 1. The van der Waals surface area contributed by atoms with Gasteiger partial charge in [-0.25, -0.2) is 17.9 Å². The number of rotatable bonds is 6. The summed E-state index contributed by atoms with van der Waals surface area (Å²) < 4.78 is 27.9. The van der Waals surface area contributed by atoms with Crippen LogP contribution in [-0.4, -0.2) is 56.1 Å². The number of aliphatic hydroxyl groups excluding tert-OH is 1. The number of carbonyl (C=O) groups is 2. The minimum atomic E-state index is -3.97. The molecule has 0 aromatic carbocycles. The maximum atomic E-state index is 11.0. The van der Waals surface area contributed by atoms with E-state index in [1.54, 1.807) is 4.72 Å². The standard InChI is InChI=1S/C6H11NO7S/c1-14-5(9)3-15(12,13)7-2-4(8)6(10)11/h4,7-8H,2-3H2,1H3,(H,10,11). The number of carbonyl (C=O) groups excluding carboxylic acids is 1. The molecular formula is C6H11NO7S. The Balaban J connectivity index is 4.17. The summed E-state index contributed by atoms with van der Waals surface area (Å²) in [5, 5.41) is 17.0. The van der Waals surface area contributed by atoms with Crippen LogP contribution in [0.4, 0.5) is 0 Å². The van der Waals surface area contributed by atoms with E-state index in [1.807, 2.05) is 0 Å². The second-order valence-corrected chi connectivity index (χ2v) is 4.34. The topological polar surface area (TPSA) is 130 Å². The maximum absolute atomic E-state index is 11.0. The number of aliphatic carboxylic acids is 1. The average molecular weight is 241 g/mol. The number of hydrogen-bond donors (Lipinski definition) is 3. The fourth-order valence-corrected chi connectivity index (χ4v) is 1.50. The van der Waals surface area contributed by atoms with Crippen LogP contribution < -0.4 is 4.72 Å². The van der Waals surface area contributed by atoms with Crippen molar-refractivity contribution in [1.82, 2.24) is 4.72 Å². The Morgan fingerprint density at radius 1 is 1.47 bits per heavy atom. The Morgan fingerprint density at radius 2 is 2.00 bits per heavy atom. The van der Waals surface area contributed by atoms with Crippen LogP contribution in [0.1, 0.15) is 0 Å². The first kappa shape index (κ1) is 13.8. The van der Waals surface area contributed by atoms with Gasteiger partial charge in [-0.1, -0.05) is 0 Å². The van der Waals surface area contributed by atoms with E-state index in [1.165, 1.54) is 0 Å². The van der Waals surface area contributed by atoms with E-state index in [9.17, 15) is 18.0 Å². The first-order chi connectivity index (χ1) is 6.78. The molecule has 1 atom stereocenters. The van der Waals surface area contributed by atoms with Crippen molar-refractivity contribution in [2.75, 3.05) is 19.4 Å². The van der Waals surface area contributed by atoms with Crippen LogP contribution in [0.2, 0.25) is 0 Å². The Hall–Kier alpha value is -1.19. The SMILES string of the molecule is COC(=O)CS(=O)(=O)NCC(O)C(=O)O. The van der Waals surface area contributed by atoms with Crippen molar-refractivity contribution in [1.29, 1.82) is 0 Å². The van der Waals surface area contributed by atoms with E-state index < -0.39 is 40.4 Å². The molecule has 0 saturated carbocycles. The molecule has 0 heterocycles. The second-order valence-electron chi connectivity index (χ2n) is 2.54. The highest BCUT2D eigenvalue weighted by Crippen LogP contribution is 1.88. The molecule has 0 aromatic heterocycles. The van der Waals surface area contributed by atoms with Gasteiger partial charge in [-0.3, -0.25) is 4.79 Å².